The molecule has 6 nitrogen and oxygen atoms in total. The van der Waals surface area contributed by atoms with Gasteiger partial charge in [-0.3, -0.25) is 4.79 Å². The molecule has 0 radical (unpaired) electrons. The number of benzene rings is 3. The van der Waals surface area contributed by atoms with Gasteiger partial charge in [0, 0.05) is 5.69 Å². The van der Waals surface area contributed by atoms with Crippen LogP contribution in [-0.2, 0) is 0 Å². The van der Waals surface area contributed by atoms with Crippen molar-refractivity contribution in [1.29, 1.82) is 0 Å². The summed E-state index contributed by atoms with van der Waals surface area (Å²) in [4.78, 5) is 23.7. The lowest BCUT2D eigenvalue weighted by Crippen LogP contribution is -2.16. The van der Waals surface area contributed by atoms with Crippen LogP contribution in [0.25, 0.3) is 0 Å². The lowest BCUT2D eigenvalue weighted by molar-refractivity contribution is 0.0690. The molecule has 0 aromatic heterocycles. The van der Waals surface area contributed by atoms with Gasteiger partial charge in [0.15, 0.2) is 0 Å². The molecule has 0 aliphatic rings. The number of amides is 1. The van der Waals surface area contributed by atoms with Crippen LogP contribution in [0.2, 0.25) is 0 Å². The van der Waals surface area contributed by atoms with Crippen LogP contribution in [0, 0.1) is 0 Å². The number of carbonyl (C=O) groups is 2. The second-order valence-corrected chi connectivity index (χ2v) is 5.81. The molecule has 2 N–H and O–H groups in total. The molecule has 6 heteroatoms. The number of aromatic carboxylic acids is 1. The lowest BCUT2D eigenvalue weighted by Gasteiger charge is -2.13. The second kappa shape index (κ2) is 9.23. The number of anilines is 1. The molecule has 3 rings (SSSR count). The highest BCUT2D eigenvalue weighted by Crippen LogP contribution is 2.21. The number of hydrogen-bond donors (Lipinski definition) is 2. The number of para-hydroxylation sites is 3. The summed E-state index contributed by atoms with van der Waals surface area (Å²) in [7, 11) is 0. The number of ether oxygens (including phenoxy) is 2. The molecular formula is C22H19NO5. The van der Waals surface area contributed by atoms with Crippen LogP contribution in [0.3, 0.4) is 0 Å². The fourth-order valence-corrected chi connectivity index (χ4v) is 2.57. The highest BCUT2D eigenvalue weighted by molar-refractivity contribution is 6.06. The van der Waals surface area contributed by atoms with Gasteiger partial charge < -0.3 is 19.9 Å². The smallest absolute Gasteiger partial charge is 0.339 e. The van der Waals surface area contributed by atoms with Crippen molar-refractivity contribution in [2.75, 3.05) is 18.5 Å². The van der Waals surface area contributed by atoms with E-state index in [0.717, 1.165) is 0 Å². The molecule has 0 unspecified atom stereocenters. The highest BCUT2D eigenvalue weighted by Gasteiger charge is 2.13. The van der Waals surface area contributed by atoms with Crippen molar-refractivity contribution < 1.29 is 24.2 Å². The van der Waals surface area contributed by atoms with E-state index in [1.165, 1.54) is 6.07 Å². The average Bonchev–Trinajstić information content (AvgIpc) is 2.72. The zero-order chi connectivity index (χ0) is 19.8. The van der Waals surface area contributed by atoms with E-state index in [-0.39, 0.29) is 30.4 Å². The van der Waals surface area contributed by atoms with Gasteiger partial charge in [-0.1, -0.05) is 42.5 Å². The lowest BCUT2D eigenvalue weighted by atomic mass is 10.2. The molecular weight excluding hydrogens is 358 g/mol. The van der Waals surface area contributed by atoms with Gasteiger partial charge in [0.1, 0.15) is 30.3 Å². The van der Waals surface area contributed by atoms with Crippen molar-refractivity contribution >= 4 is 17.6 Å². The molecule has 0 aliphatic heterocycles. The third-order valence-corrected chi connectivity index (χ3v) is 3.88. The molecule has 0 heterocycles. The van der Waals surface area contributed by atoms with Crippen molar-refractivity contribution in [1.82, 2.24) is 0 Å². The second-order valence-electron chi connectivity index (χ2n) is 5.81. The first-order valence-electron chi connectivity index (χ1n) is 8.68. The predicted molar refractivity (Wildman–Crippen MR) is 105 cm³/mol. The molecule has 0 saturated heterocycles. The maximum Gasteiger partial charge on any atom is 0.339 e. The predicted octanol–water partition coefficient (Wildman–Crippen LogP) is 4.09. The fraction of sp³-hybridized carbons (Fsp3) is 0.0909. The molecule has 142 valence electrons. The minimum atomic E-state index is -1.06. The molecule has 0 atom stereocenters. The third kappa shape index (κ3) is 4.88. The van der Waals surface area contributed by atoms with Crippen LogP contribution in [0.1, 0.15) is 20.7 Å². The van der Waals surface area contributed by atoms with Crippen LogP contribution in [-0.4, -0.2) is 30.2 Å². The van der Waals surface area contributed by atoms with E-state index in [9.17, 15) is 9.59 Å². The van der Waals surface area contributed by atoms with Crippen molar-refractivity contribution in [2.45, 2.75) is 0 Å². The molecule has 0 aliphatic carbocycles. The fourth-order valence-electron chi connectivity index (χ4n) is 2.57. The average molecular weight is 377 g/mol. The minimum Gasteiger partial charge on any atom is -0.489 e. The summed E-state index contributed by atoms with van der Waals surface area (Å²) in [6, 6.07) is 22.4. The Morgan fingerprint density at radius 3 is 1.82 bits per heavy atom. The maximum atomic E-state index is 12.5. The molecule has 28 heavy (non-hydrogen) atoms. The standard InChI is InChI=1S/C22H19NO5/c24-21(23-16-8-2-1-3-9-16)17-10-4-6-12-19(17)27-14-15-28-20-13-7-5-11-18(20)22(25)26/h1-13H,14-15H2,(H,23,24)(H,25,26). The maximum absolute atomic E-state index is 12.5. The Bertz CT molecular complexity index is 956. The van der Waals surface area contributed by atoms with Gasteiger partial charge in [-0.05, 0) is 36.4 Å². The molecule has 3 aromatic rings. The number of carboxylic acids is 1. The van der Waals surface area contributed by atoms with Crippen molar-refractivity contribution in [2.24, 2.45) is 0 Å². The van der Waals surface area contributed by atoms with Crippen LogP contribution in [0.5, 0.6) is 11.5 Å². The number of hydrogen-bond acceptors (Lipinski definition) is 4. The van der Waals surface area contributed by atoms with E-state index in [1.54, 1.807) is 54.6 Å². The Labute approximate surface area is 162 Å². The van der Waals surface area contributed by atoms with Crippen LogP contribution in [0.4, 0.5) is 5.69 Å². The number of carboxylic acid groups (broad SMARTS) is 1. The minimum absolute atomic E-state index is 0.0881. The van der Waals surface area contributed by atoms with E-state index >= 15 is 0 Å². The van der Waals surface area contributed by atoms with Crippen LogP contribution >= 0.6 is 0 Å². The zero-order valence-electron chi connectivity index (χ0n) is 15.0. The Balaban J connectivity index is 1.60. The van der Waals surface area contributed by atoms with Gasteiger partial charge in [-0.25, -0.2) is 4.79 Å². The molecule has 0 spiro atoms. The Morgan fingerprint density at radius 1 is 0.714 bits per heavy atom. The number of nitrogens with one attached hydrogen (secondary N) is 1. The summed E-state index contributed by atoms with van der Waals surface area (Å²) in [5.41, 5.74) is 1.18. The van der Waals surface area contributed by atoms with Crippen LogP contribution in [0.15, 0.2) is 78.9 Å². The van der Waals surface area contributed by atoms with Crippen molar-refractivity contribution in [3.05, 3.63) is 90.0 Å². The molecule has 1 amide bonds. The Morgan fingerprint density at radius 2 is 1.21 bits per heavy atom. The van der Waals surface area contributed by atoms with Gasteiger partial charge in [0.2, 0.25) is 0 Å². The van der Waals surface area contributed by atoms with Crippen LogP contribution < -0.4 is 14.8 Å². The molecule has 3 aromatic carbocycles. The number of carbonyl (C=O) groups excluding carboxylic acids is 1. The number of rotatable bonds is 8. The zero-order valence-corrected chi connectivity index (χ0v) is 15.0. The largest absolute Gasteiger partial charge is 0.489 e. The first kappa shape index (κ1) is 19.0. The van der Waals surface area contributed by atoms with E-state index < -0.39 is 5.97 Å². The first-order valence-corrected chi connectivity index (χ1v) is 8.68. The molecule has 0 fully saturated rings. The van der Waals surface area contributed by atoms with E-state index in [2.05, 4.69) is 5.32 Å². The van der Waals surface area contributed by atoms with E-state index in [0.29, 0.717) is 17.0 Å². The van der Waals surface area contributed by atoms with Gasteiger partial charge in [0.05, 0.1) is 5.56 Å². The van der Waals surface area contributed by atoms with E-state index in [1.807, 2.05) is 18.2 Å². The third-order valence-electron chi connectivity index (χ3n) is 3.88. The Hall–Kier alpha value is -3.80. The first-order chi connectivity index (χ1) is 13.6. The van der Waals surface area contributed by atoms with Gasteiger partial charge >= 0.3 is 5.97 Å². The SMILES string of the molecule is O=C(O)c1ccccc1OCCOc1ccccc1C(=O)Nc1ccccc1. The Kier molecular flexibility index (Phi) is 6.25. The highest BCUT2D eigenvalue weighted by atomic mass is 16.5. The van der Waals surface area contributed by atoms with Gasteiger partial charge in [-0.15, -0.1) is 0 Å². The van der Waals surface area contributed by atoms with E-state index in [4.69, 9.17) is 14.6 Å². The summed E-state index contributed by atoms with van der Waals surface area (Å²) >= 11 is 0. The summed E-state index contributed by atoms with van der Waals surface area (Å²) < 4.78 is 11.2. The summed E-state index contributed by atoms with van der Waals surface area (Å²) in [6.45, 7) is 0.294. The quantitative estimate of drug-likeness (QED) is 0.578. The topological polar surface area (TPSA) is 84.9 Å². The summed E-state index contributed by atoms with van der Waals surface area (Å²) in [6.07, 6.45) is 0. The summed E-state index contributed by atoms with van der Waals surface area (Å²) in [5.74, 6) is -0.641. The molecule has 0 saturated carbocycles. The van der Waals surface area contributed by atoms with Crippen molar-refractivity contribution in [3.8, 4) is 11.5 Å². The summed E-state index contributed by atoms with van der Waals surface area (Å²) in [5, 5.41) is 12.0. The van der Waals surface area contributed by atoms with Gasteiger partial charge in [0.25, 0.3) is 5.91 Å². The monoisotopic (exact) mass is 377 g/mol. The molecule has 0 bridgehead atoms. The van der Waals surface area contributed by atoms with Gasteiger partial charge in [-0.2, -0.15) is 0 Å². The normalized spacial score (nSPS) is 10.1. The van der Waals surface area contributed by atoms with Crippen molar-refractivity contribution in [3.63, 3.8) is 0 Å².